The van der Waals surface area contributed by atoms with E-state index in [0.717, 1.165) is 22.6 Å². The lowest BCUT2D eigenvalue weighted by Gasteiger charge is -2.36. The Balaban J connectivity index is 1.51. The maximum Gasteiger partial charge on any atom is 0.274 e. The number of nitrogens with zero attached hydrogens (tertiary/aromatic N) is 2. The van der Waals surface area contributed by atoms with Crippen LogP contribution in [0.25, 0.3) is 10.6 Å². The SMILES string of the molecule is COc1cccc(-c2nc(C(=O)N3CCc4sccc4C3c3ccccc3)cs2)c1OC. The monoisotopic (exact) mass is 462 g/mol. The molecule has 4 aromatic rings. The van der Waals surface area contributed by atoms with Gasteiger partial charge in [0.25, 0.3) is 5.91 Å². The highest BCUT2D eigenvalue weighted by Crippen LogP contribution is 2.41. The van der Waals surface area contributed by atoms with Gasteiger partial charge in [-0.3, -0.25) is 4.79 Å². The molecule has 0 aliphatic carbocycles. The molecule has 162 valence electrons. The Hall–Kier alpha value is -3.16. The summed E-state index contributed by atoms with van der Waals surface area (Å²) in [6, 6.07) is 17.9. The zero-order valence-electron chi connectivity index (χ0n) is 17.8. The summed E-state index contributed by atoms with van der Waals surface area (Å²) in [6.45, 7) is 0.668. The van der Waals surface area contributed by atoms with E-state index in [0.29, 0.717) is 23.7 Å². The summed E-state index contributed by atoms with van der Waals surface area (Å²) in [5.74, 6) is 1.20. The number of thiazole rings is 1. The van der Waals surface area contributed by atoms with Gasteiger partial charge in [-0.15, -0.1) is 22.7 Å². The highest BCUT2D eigenvalue weighted by Gasteiger charge is 2.34. The molecule has 32 heavy (non-hydrogen) atoms. The molecule has 0 fully saturated rings. The molecule has 0 saturated carbocycles. The summed E-state index contributed by atoms with van der Waals surface area (Å²) in [4.78, 5) is 21.7. The van der Waals surface area contributed by atoms with Crippen LogP contribution in [0.4, 0.5) is 0 Å². The van der Waals surface area contributed by atoms with Crippen LogP contribution in [0.15, 0.2) is 65.4 Å². The van der Waals surface area contributed by atoms with Crippen LogP contribution in [-0.4, -0.2) is 36.6 Å². The van der Waals surface area contributed by atoms with E-state index in [4.69, 9.17) is 14.5 Å². The number of carbonyl (C=O) groups is 1. The number of rotatable bonds is 5. The number of benzene rings is 2. The molecule has 7 heteroatoms. The Kier molecular flexibility index (Phi) is 5.68. The van der Waals surface area contributed by atoms with Gasteiger partial charge in [0.15, 0.2) is 11.5 Å². The van der Waals surface area contributed by atoms with Gasteiger partial charge in [0, 0.05) is 16.8 Å². The van der Waals surface area contributed by atoms with Crippen LogP contribution in [0, 0.1) is 0 Å². The first-order chi connectivity index (χ1) is 15.7. The van der Waals surface area contributed by atoms with Crippen LogP contribution >= 0.6 is 22.7 Å². The van der Waals surface area contributed by atoms with Crippen LogP contribution < -0.4 is 9.47 Å². The molecule has 1 aliphatic heterocycles. The number of fused-ring (bicyclic) bond motifs is 1. The zero-order chi connectivity index (χ0) is 22.1. The van der Waals surface area contributed by atoms with Gasteiger partial charge < -0.3 is 14.4 Å². The second-order valence-electron chi connectivity index (χ2n) is 7.44. The Morgan fingerprint density at radius 1 is 1.03 bits per heavy atom. The molecule has 0 spiro atoms. The Bertz CT molecular complexity index is 1250. The lowest BCUT2D eigenvalue weighted by atomic mass is 9.93. The summed E-state index contributed by atoms with van der Waals surface area (Å²) < 4.78 is 11.0. The van der Waals surface area contributed by atoms with Crippen molar-refractivity contribution in [1.82, 2.24) is 9.88 Å². The predicted molar refractivity (Wildman–Crippen MR) is 128 cm³/mol. The molecule has 5 nitrogen and oxygen atoms in total. The van der Waals surface area contributed by atoms with Gasteiger partial charge in [-0.1, -0.05) is 36.4 Å². The molecule has 0 bridgehead atoms. The van der Waals surface area contributed by atoms with Gasteiger partial charge in [0.05, 0.1) is 25.8 Å². The van der Waals surface area contributed by atoms with Crippen LogP contribution in [0.2, 0.25) is 0 Å². The van der Waals surface area contributed by atoms with Crippen molar-refractivity contribution in [3.63, 3.8) is 0 Å². The first-order valence-corrected chi connectivity index (χ1v) is 12.1. The maximum atomic E-state index is 13.7. The topological polar surface area (TPSA) is 51.7 Å². The van der Waals surface area contributed by atoms with Crippen molar-refractivity contribution in [1.29, 1.82) is 0 Å². The molecule has 5 rings (SSSR count). The molecule has 2 aromatic carbocycles. The molecule has 1 atom stereocenters. The Morgan fingerprint density at radius 3 is 2.66 bits per heavy atom. The van der Waals surface area contributed by atoms with E-state index in [2.05, 4.69) is 23.6 Å². The highest BCUT2D eigenvalue weighted by molar-refractivity contribution is 7.13. The lowest BCUT2D eigenvalue weighted by molar-refractivity contribution is 0.0691. The van der Waals surface area contributed by atoms with E-state index in [1.54, 1.807) is 25.6 Å². The number of amides is 1. The van der Waals surface area contributed by atoms with E-state index in [-0.39, 0.29) is 11.9 Å². The third-order valence-electron chi connectivity index (χ3n) is 5.70. The zero-order valence-corrected chi connectivity index (χ0v) is 19.4. The molecular weight excluding hydrogens is 440 g/mol. The fourth-order valence-electron chi connectivity index (χ4n) is 4.23. The lowest BCUT2D eigenvalue weighted by Crippen LogP contribution is -2.40. The quantitative estimate of drug-likeness (QED) is 0.383. The van der Waals surface area contributed by atoms with Crippen LogP contribution in [0.3, 0.4) is 0 Å². The minimum absolute atomic E-state index is 0.0555. The largest absolute Gasteiger partial charge is 0.493 e. The van der Waals surface area contributed by atoms with Gasteiger partial charge >= 0.3 is 0 Å². The van der Waals surface area contributed by atoms with E-state index in [1.165, 1.54) is 21.8 Å². The van der Waals surface area contributed by atoms with Gasteiger partial charge in [-0.2, -0.15) is 0 Å². The number of hydrogen-bond acceptors (Lipinski definition) is 6. The molecule has 3 heterocycles. The summed E-state index contributed by atoms with van der Waals surface area (Å²) in [6.07, 6.45) is 0.864. The van der Waals surface area contributed by atoms with Gasteiger partial charge in [-0.05, 0) is 41.1 Å². The number of para-hydroxylation sites is 1. The molecule has 0 N–H and O–H groups in total. The number of carbonyl (C=O) groups excluding carboxylic acids is 1. The molecule has 1 amide bonds. The fourth-order valence-corrected chi connectivity index (χ4v) is 5.95. The molecular formula is C25H22N2O3S2. The van der Waals surface area contributed by atoms with Crippen molar-refractivity contribution in [2.24, 2.45) is 0 Å². The predicted octanol–water partition coefficient (Wildman–Crippen LogP) is 5.68. The van der Waals surface area contributed by atoms with Crippen molar-refractivity contribution >= 4 is 28.6 Å². The summed E-state index contributed by atoms with van der Waals surface area (Å²) in [5, 5.41) is 4.68. The number of methoxy groups -OCH3 is 2. The summed E-state index contributed by atoms with van der Waals surface area (Å²) in [7, 11) is 3.22. The summed E-state index contributed by atoms with van der Waals surface area (Å²) in [5.41, 5.74) is 3.60. The molecule has 0 saturated heterocycles. The third kappa shape index (κ3) is 3.57. The van der Waals surface area contributed by atoms with Crippen LogP contribution in [0.1, 0.15) is 32.5 Å². The van der Waals surface area contributed by atoms with Crippen molar-refractivity contribution < 1.29 is 14.3 Å². The fraction of sp³-hybridized carbons (Fsp3) is 0.200. The number of thiophene rings is 1. The minimum atomic E-state index is -0.102. The van der Waals surface area contributed by atoms with E-state index in [9.17, 15) is 4.79 Å². The summed E-state index contributed by atoms with van der Waals surface area (Å²) >= 11 is 3.20. The van der Waals surface area contributed by atoms with Gasteiger partial charge in [0.1, 0.15) is 10.7 Å². The van der Waals surface area contributed by atoms with E-state index in [1.807, 2.05) is 46.7 Å². The van der Waals surface area contributed by atoms with Crippen LogP contribution in [-0.2, 0) is 6.42 Å². The van der Waals surface area contributed by atoms with Crippen molar-refractivity contribution in [3.8, 4) is 22.1 Å². The minimum Gasteiger partial charge on any atom is -0.493 e. The standard InChI is InChI=1S/C25H22N2O3S2/c1-29-20-10-6-9-18(23(20)30-2)24-26-19(15-32-24)25(28)27-13-11-21-17(12-14-31-21)22(27)16-7-4-3-5-8-16/h3-10,12,14-15,22H,11,13H2,1-2H3. The average molecular weight is 463 g/mol. The first kappa shape index (κ1) is 20.7. The average Bonchev–Trinajstić information content (AvgIpc) is 3.53. The van der Waals surface area contributed by atoms with Crippen molar-refractivity contribution in [3.05, 3.63) is 87.1 Å². The van der Waals surface area contributed by atoms with Gasteiger partial charge in [-0.25, -0.2) is 4.98 Å². The number of hydrogen-bond donors (Lipinski definition) is 0. The number of aromatic nitrogens is 1. The molecule has 1 aliphatic rings. The van der Waals surface area contributed by atoms with Gasteiger partial charge in [0.2, 0.25) is 0 Å². The van der Waals surface area contributed by atoms with Crippen LogP contribution in [0.5, 0.6) is 11.5 Å². The normalized spacial score (nSPS) is 15.3. The first-order valence-electron chi connectivity index (χ1n) is 10.3. The van der Waals surface area contributed by atoms with Crippen molar-refractivity contribution in [2.45, 2.75) is 12.5 Å². The number of ether oxygens (including phenoxy) is 2. The smallest absolute Gasteiger partial charge is 0.274 e. The van der Waals surface area contributed by atoms with E-state index >= 15 is 0 Å². The van der Waals surface area contributed by atoms with Crippen molar-refractivity contribution in [2.75, 3.05) is 20.8 Å². The van der Waals surface area contributed by atoms with E-state index < -0.39 is 0 Å². The Labute approximate surface area is 194 Å². The molecule has 1 unspecified atom stereocenters. The Morgan fingerprint density at radius 2 is 1.88 bits per heavy atom. The second-order valence-corrected chi connectivity index (χ2v) is 9.30. The second kappa shape index (κ2) is 8.76. The third-order valence-corrected chi connectivity index (χ3v) is 7.57. The maximum absolute atomic E-state index is 13.7. The highest BCUT2D eigenvalue weighted by atomic mass is 32.1. The molecule has 2 aromatic heterocycles. The molecule has 0 radical (unpaired) electrons.